The molecule has 0 fully saturated rings. The summed E-state index contributed by atoms with van der Waals surface area (Å²) in [7, 11) is 1.57. The van der Waals surface area contributed by atoms with Crippen molar-refractivity contribution in [3.05, 3.63) is 109 Å². The van der Waals surface area contributed by atoms with Gasteiger partial charge in [-0.15, -0.1) is 0 Å². The molecule has 3 unspecified atom stereocenters. The zero-order valence-corrected chi connectivity index (χ0v) is 53.0. The highest BCUT2D eigenvalue weighted by molar-refractivity contribution is 7.47. The second kappa shape index (κ2) is 59.8. The fourth-order valence-electron chi connectivity index (χ4n) is 9.18. The minimum absolute atomic E-state index is 0.0584. The van der Waals surface area contributed by atoms with E-state index in [0.29, 0.717) is 17.4 Å². The van der Waals surface area contributed by atoms with Crippen LogP contribution in [0.1, 0.15) is 277 Å². The maximum atomic E-state index is 13.0. The fraction of sp³-hybridized carbons (Fsp3) is 0.729. The third-order valence-corrected chi connectivity index (χ3v) is 15.2. The molecule has 1 amide bonds. The van der Waals surface area contributed by atoms with Crippen LogP contribution in [0.3, 0.4) is 0 Å². The number of unbranched alkanes of at least 4 members (excludes halogenated alkanes) is 30. The molecule has 9 heteroatoms. The molecule has 0 saturated heterocycles. The van der Waals surface area contributed by atoms with Crippen LogP contribution < -0.4 is 5.32 Å². The Kier molecular flexibility index (Phi) is 57.6. The predicted octanol–water partition coefficient (Wildman–Crippen LogP) is 20.7. The molecule has 0 saturated carbocycles. The Morgan fingerprint density at radius 3 is 1.11 bits per heavy atom. The maximum Gasteiger partial charge on any atom is 0.472 e. The first kappa shape index (κ1) is 76.2. The number of carbonyl (C=O) groups is 1. The fourth-order valence-corrected chi connectivity index (χ4v) is 9.91. The van der Waals surface area contributed by atoms with Gasteiger partial charge in [0.05, 0.1) is 39.9 Å². The summed E-state index contributed by atoms with van der Waals surface area (Å²) in [5.74, 6) is -0.179. The zero-order valence-electron chi connectivity index (χ0n) is 52.1. The van der Waals surface area contributed by atoms with Crippen LogP contribution in [0.5, 0.6) is 0 Å². The summed E-state index contributed by atoms with van der Waals surface area (Å²) in [6.07, 6.45) is 87.8. The smallest absolute Gasteiger partial charge is 0.387 e. The van der Waals surface area contributed by atoms with E-state index < -0.39 is 20.0 Å². The SMILES string of the molecule is CC/C=C\C/C=C\C/C=C\C/C=C\C/C=C\C/C=C\C/C=C\C/C=C\CCCCCCCCCCCCCCCCC(=O)NC(COP(=O)(O)OCC[N+](C)(C)C)C(O)/C=C/CCCCCCCCCCCCCCCCCC. The van der Waals surface area contributed by atoms with Crippen molar-refractivity contribution in [1.29, 1.82) is 0 Å². The third-order valence-electron chi connectivity index (χ3n) is 14.2. The number of hydrogen-bond donors (Lipinski definition) is 3. The van der Waals surface area contributed by atoms with E-state index in [1.807, 2.05) is 27.2 Å². The lowest BCUT2D eigenvalue weighted by molar-refractivity contribution is -0.870. The van der Waals surface area contributed by atoms with Gasteiger partial charge in [0, 0.05) is 6.42 Å². The van der Waals surface area contributed by atoms with E-state index in [2.05, 4.69) is 116 Å². The molecule has 456 valence electrons. The second-order valence-electron chi connectivity index (χ2n) is 23.1. The van der Waals surface area contributed by atoms with Crippen molar-refractivity contribution in [2.45, 2.75) is 289 Å². The van der Waals surface area contributed by atoms with Gasteiger partial charge < -0.3 is 19.8 Å². The molecule has 0 spiro atoms. The molecule has 0 aromatic rings. The Labute approximate surface area is 489 Å². The summed E-state index contributed by atoms with van der Waals surface area (Å²) < 4.78 is 23.8. The van der Waals surface area contributed by atoms with Crippen LogP contribution in [0.25, 0.3) is 0 Å². The molecule has 0 bridgehead atoms. The van der Waals surface area contributed by atoms with Crippen molar-refractivity contribution >= 4 is 13.7 Å². The highest BCUT2D eigenvalue weighted by Crippen LogP contribution is 2.43. The number of nitrogens with zero attached hydrogens (tertiary/aromatic N) is 1. The molecule has 79 heavy (non-hydrogen) atoms. The molecular weight excluding hydrogens is 996 g/mol. The van der Waals surface area contributed by atoms with E-state index in [0.717, 1.165) is 89.9 Å². The number of hydrogen-bond acceptors (Lipinski definition) is 5. The van der Waals surface area contributed by atoms with Gasteiger partial charge in [0.15, 0.2) is 0 Å². The monoisotopic (exact) mass is 1120 g/mol. The number of amides is 1. The van der Waals surface area contributed by atoms with E-state index in [1.165, 1.54) is 167 Å². The van der Waals surface area contributed by atoms with Crippen molar-refractivity contribution in [1.82, 2.24) is 5.32 Å². The first-order valence-corrected chi connectivity index (χ1v) is 34.3. The third kappa shape index (κ3) is 62.6. The highest BCUT2D eigenvalue weighted by atomic mass is 31.2. The van der Waals surface area contributed by atoms with Gasteiger partial charge in [-0.3, -0.25) is 13.8 Å². The average molecular weight is 1120 g/mol. The number of quaternary nitrogens is 1. The Bertz CT molecular complexity index is 1650. The number of likely N-dealkylation sites (N-methyl/N-ethyl adjacent to an activating group) is 1. The van der Waals surface area contributed by atoms with Gasteiger partial charge in [0.2, 0.25) is 5.91 Å². The van der Waals surface area contributed by atoms with Crippen LogP contribution in [0, 0.1) is 0 Å². The number of aliphatic hydroxyl groups is 1. The van der Waals surface area contributed by atoms with Gasteiger partial charge >= 0.3 is 7.82 Å². The van der Waals surface area contributed by atoms with E-state index in [1.54, 1.807) is 6.08 Å². The van der Waals surface area contributed by atoms with Crippen LogP contribution in [-0.4, -0.2) is 73.4 Å². The largest absolute Gasteiger partial charge is 0.472 e. The minimum Gasteiger partial charge on any atom is -0.387 e. The molecule has 0 aliphatic heterocycles. The lowest BCUT2D eigenvalue weighted by atomic mass is 10.0. The Hall–Kier alpha value is -2.84. The van der Waals surface area contributed by atoms with Crippen LogP contribution in [0.15, 0.2) is 109 Å². The predicted molar refractivity (Wildman–Crippen MR) is 345 cm³/mol. The summed E-state index contributed by atoms with van der Waals surface area (Å²) >= 11 is 0. The van der Waals surface area contributed by atoms with Crippen molar-refractivity contribution in [2.24, 2.45) is 0 Å². The molecule has 0 aromatic carbocycles. The van der Waals surface area contributed by atoms with E-state index in [4.69, 9.17) is 9.05 Å². The standard InChI is InChI=1S/C70H125N2O6P/c1-6-8-10-12-14-16-18-20-22-24-26-27-28-29-30-31-32-33-34-35-36-37-38-39-40-41-42-43-44-45-46-48-50-52-54-56-58-60-62-64-70(74)71-68(67-78-79(75,76)77-66-65-72(3,4)5)69(73)63-61-59-57-55-53-51-49-47-25-23-21-19-17-15-13-11-9-7-2/h8,10,14,16,20,22,26-27,29-30,32-33,35-36,38-39,61,63,68-69,73H,6-7,9,11-13,15,17-19,21,23-25,28,31,34,37,40-60,62,64-67H2,1-5H3,(H-,71,74,75,76)/p+1/b10-8-,16-14-,22-20-,27-26-,30-29-,33-32-,36-35-,39-38-,63-61+. The maximum absolute atomic E-state index is 13.0. The first-order valence-electron chi connectivity index (χ1n) is 32.8. The van der Waals surface area contributed by atoms with Crippen LogP contribution in [0.4, 0.5) is 0 Å². The van der Waals surface area contributed by atoms with Gasteiger partial charge in [-0.1, -0.05) is 297 Å². The molecule has 0 aliphatic rings. The quantitative estimate of drug-likeness (QED) is 0.0243. The van der Waals surface area contributed by atoms with Gasteiger partial charge in [-0.2, -0.15) is 0 Å². The number of nitrogens with one attached hydrogen (secondary N) is 1. The first-order chi connectivity index (χ1) is 38.5. The molecule has 0 radical (unpaired) electrons. The zero-order chi connectivity index (χ0) is 57.7. The number of phosphoric ester groups is 1. The molecular formula is C70H126N2O6P+. The normalized spacial score (nSPS) is 14.5. The van der Waals surface area contributed by atoms with Gasteiger partial charge in [-0.25, -0.2) is 4.57 Å². The average Bonchev–Trinajstić information content (AvgIpc) is 3.42. The van der Waals surface area contributed by atoms with Crippen LogP contribution >= 0.6 is 7.82 Å². The summed E-state index contributed by atoms with van der Waals surface area (Å²) in [4.78, 5) is 23.4. The van der Waals surface area contributed by atoms with Gasteiger partial charge in [0.1, 0.15) is 13.2 Å². The Balaban J connectivity index is 4.06. The topological polar surface area (TPSA) is 105 Å². The minimum atomic E-state index is -4.35. The molecule has 0 aliphatic carbocycles. The molecule has 3 N–H and O–H groups in total. The summed E-state index contributed by atoms with van der Waals surface area (Å²) in [6, 6.07) is -0.853. The number of rotatable bonds is 59. The highest BCUT2D eigenvalue weighted by Gasteiger charge is 2.27. The van der Waals surface area contributed by atoms with Gasteiger partial charge in [0.25, 0.3) is 0 Å². The Morgan fingerprint density at radius 2 is 0.759 bits per heavy atom. The van der Waals surface area contributed by atoms with Crippen molar-refractivity contribution in [3.63, 3.8) is 0 Å². The number of allylic oxidation sites excluding steroid dienone is 17. The van der Waals surface area contributed by atoms with Crippen LogP contribution in [0.2, 0.25) is 0 Å². The summed E-state index contributed by atoms with van der Waals surface area (Å²) in [6.45, 7) is 4.72. The summed E-state index contributed by atoms with van der Waals surface area (Å²) in [5, 5.41) is 14.0. The lowest BCUT2D eigenvalue weighted by Gasteiger charge is -2.25. The number of aliphatic hydroxyl groups excluding tert-OH is 1. The Morgan fingerprint density at radius 1 is 0.443 bits per heavy atom. The van der Waals surface area contributed by atoms with E-state index >= 15 is 0 Å². The van der Waals surface area contributed by atoms with Crippen molar-refractivity contribution in [3.8, 4) is 0 Å². The van der Waals surface area contributed by atoms with Crippen LogP contribution in [-0.2, 0) is 18.4 Å². The second-order valence-corrected chi connectivity index (χ2v) is 24.6. The van der Waals surface area contributed by atoms with Crippen molar-refractivity contribution < 1.29 is 32.9 Å². The molecule has 0 heterocycles. The van der Waals surface area contributed by atoms with E-state index in [-0.39, 0.29) is 19.1 Å². The molecule has 3 atom stereocenters. The van der Waals surface area contributed by atoms with Gasteiger partial charge in [-0.05, 0) is 83.5 Å². The molecule has 0 rings (SSSR count). The molecule has 0 aromatic heterocycles. The summed E-state index contributed by atoms with van der Waals surface area (Å²) in [5.41, 5.74) is 0. The van der Waals surface area contributed by atoms with Crippen molar-refractivity contribution in [2.75, 3.05) is 40.9 Å². The lowest BCUT2D eigenvalue weighted by Crippen LogP contribution is -2.45. The van der Waals surface area contributed by atoms with E-state index in [9.17, 15) is 19.4 Å². The molecule has 8 nitrogen and oxygen atoms in total. The number of phosphoric acid groups is 1. The number of carbonyl (C=O) groups excluding carboxylic acids is 1.